The highest BCUT2D eigenvalue weighted by atomic mass is 16.5. The van der Waals surface area contributed by atoms with E-state index >= 15 is 0 Å². The second kappa shape index (κ2) is 5.56. The summed E-state index contributed by atoms with van der Waals surface area (Å²) in [6.45, 7) is 2.73. The quantitative estimate of drug-likeness (QED) is 0.885. The summed E-state index contributed by atoms with van der Waals surface area (Å²) >= 11 is 0. The summed E-state index contributed by atoms with van der Waals surface area (Å²) in [6, 6.07) is 7.02. The second-order valence-electron chi connectivity index (χ2n) is 6.77. The standard InChI is InChI=1S/C17H22N2O3/c20-15-5-3-12(4-6-15)17(21)18-13-7-14-10-22-16(11-1-2-11)9-19(14)8-13/h3-6,11,13-14,16,20H,1-2,7-10H2,(H,18,21)/t13-,14-,16+/m0/s1. The predicted molar refractivity (Wildman–Crippen MR) is 81.8 cm³/mol. The van der Waals surface area contributed by atoms with Crippen LogP contribution in [0.2, 0.25) is 0 Å². The number of morpholine rings is 1. The second-order valence-corrected chi connectivity index (χ2v) is 6.77. The van der Waals surface area contributed by atoms with Crippen molar-refractivity contribution in [3.8, 4) is 5.75 Å². The van der Waals surface area contributed by atoms with Crippen LogP contribution in [0.4, 0.5) is 0 Å². The summed E-state index contributed by atoms with van der Waals surface area (Å²) < 4.78 is 5.98. The molecule has 1 aromatic rings. The third kappa shape index (κ3) is 2.83. The Balaban J connectivity index is 1.34. The first kappa shape index (κ1) is 14.0. The molecule has 2 heterocycles. The van der Waals surface area contributed by atoms with E-state index in [4.69, 9.17) is 4.74 Å². The zero-order valence-electron chi connectivity index (χ0n) is 12.6. The average Bonchev–Trinajstić information content (AvgIpc) is 3.28. The SMILES string of the molecule is O=C(N[C@H]1C[C@H]2CO[C@@H](C3CC3)CN2C1)c1ccc(O)cc1. The predicted octanol–water partition coefficient (Wildman–Crippen LogP) is 1.37. The number of benzene rings is 1. The summed E-state index contributed by atoms with van der Waals surface area (Å²) in [5, 5.41) is 12.4. The number of carbonyl (C=O) groups is 1. The van der Waals surface area contributed by atoms with Gasteiger partial charge in [-0.1, -0.05) is 0 Å². The number of phenols is 1. The maximum Gasteiger partial charge on any atom is 0.251 e. The molecular weight excluding hydrogens is 280 g/mol. The van der Waals surface area contributed by atoms with E-state index in [0.29, 0.717) is 17.7 Å². The van der Waals surface area contributed by atoms with Gasteiger partial charge < -0.3 is 15.2 Å². The molecule has 0 spiro atoms. The largest absolute Gasteiger partial charge is 0.508 e. The van der Waals surface area contributed by atoms with E-state index in [1.165, 1.54) is 12.8 Å². The van der Waals surface area contributed by atoms with Gasteiger partial charge in [0.1, 0.15) is 5.75 Å². The van der Waals surface area contributed by atoms with E-state index in [1.54, 1.807) is 24.3 Å². The van der Waals surface area contributed by atoms with Crippen molar-refractivity contribution >= 4 is 5.91 Å². The molecule has 22 heavy (non-hydrogen) atoms. The molecule has 5 nitrogen and oxygen atoms in total. The van der Waals surface area contributed by atoms with Crippen molar-refractivity contribution in [1.82, 2.24) is 10.2 Å². The monoisotopic (exact) mass is 302 g/mol. The van der Waals surface area contributed by atoms with Gasteiger partial charge in [-0.25, -0.2) is 0 Å². The zero-order valence-corrected chi connectivity index (χ0v) is 12.6. The first-order chi connectivity index (χ1) is 10.7. The third-order valence-corrected chi connectivity index (χ3v) is 5.06. The number of amides is 1. The van der Waals surface area contributed by atoms with Crippen LogP contribution in [0.3, 0.4) is 0 Å². The zero-order chi connectivity index (χ0) is 15.1. The number of phenolic OH excluding ortho intramolecular Hbond substituents is 1. The fourth-order valence-corrected chi connectivity index (χ4v) is 3.64. The normalized spacial score (nSPS) is 31.7. The fraction of sp³-hybridized carbons (Fsp3) is 0.588. The summed E-state index contributed by atoms with van der Waals surface area (Å²) in [6.07, 6.45) is 3.98. The molecule has 2 aliphatic heterocycles. The molecule has 1 aromatic carbocycles. The van der Waals surface area contributed by atoms with Crippen molar-refractivity contribution in [3.05, 3.63) is 29.8 Å². The van der Waals surface area contributed by atoms with Gasteiger partial charge in [0.15, 0.2) is 0 Å². The lowest BCUT2D eigenvalue weighted by atomic mass is 10.1. The molecule has 4 rings (SSSR count). The van der Waals surface area contributed by atoms with Gasteiger partial charge in [0, 0.05) is 30.7 Å². The molecule has 0 aromatic heterocycles. The highest BCUT2D eigenvalue weighted by molar-refractivity contribution is 5.94. The van der Waals surface area contributed by atoms with Crippen LogP contribution < -0.4 is 5.32 Å². The number of nitrogens with one attached hydrogen (secondary N) is 1. The van der Waals surface area contributed by atoms with E-state index in [-0.39, 0.29) is 17.7 Å². The molecule has 3 atom stereocenters. The van der Waals surface area contributed by atoms with Crippen molar-refractivity contribution in [2.75, 3.05) is 19.7 Å². The highest BCUT2D eigenvalue weighted by Gasteiger charge is 2.42. The minimum atomic E-state index is -0.0653. The Hall–Kier alpha value is -1.59. The van der Waals surface area contributed by atoms with Crippen LogP contribution in [0, 0.1) is 5.92 Å². The van der Waals surface area contributed by atoms with Crippen LogP contribution in [0.5, 0.6) is 5.75 Å². The first-order valence-corrected chi connectivity index (χ1v) is 8.14. The maximum absolute atomic E-state index is 12.3. The number of ether oxygens (including phenoxy) is 1. The molecule has 3 aliphatic rings. The van der Waals surface area contributed by atoms with Gasteiger partial charge in [-0.3, -0.25) is 9.69 Å². The summed E-state index contributed by atoms with van der Waals surface area (Å²) in [7, 11) is 0. The first-order valence-electron chi connectivity index (χ1n) is 8.14. The van der Waals surface area contributed by atoms with Crippen LogP contribution in [0.1, 0.15) is 29.6 Å². The number of hydrogen-bond donors (Lipinski definition) is 2. The molecule has 3 fully saturated rings. The summed E-state index contributed by atoms with van der Waals surface area (Å²) in [4.78, 5) is 14.7. The van der Waals surface area contributed by atoms with Crippen molar-refractivity contribution in [1.29, 1.82) is 0 Å². The van der Waals surface area contributed by atoms with Crippen LogP contribution >= 0.6 is 0 Å². The number of carbonyl (C=O) groups excluding carboxylic acids is 1. The number of hydrogen-bond acceptors (Lipinski definition) is 4. The van der Waals surface area contributed by atoms with Gasteiger partial charge in [0.05, 0.1) is 12.7 Å². The number of rotatable bonds is 3. The molecule has 0 bridgehead atoms. The van der Waals surface area contributed by atoms with Crippen molar-refractivity contribution < 1.29 is 14.6 Å². The van der Waals surface area contributed by atoms with Crippen molar-refractivity contribution in [3.63, 3.8) is 0 Å². The molecule has 1 aliphatic carbocycles. The van der Waals surface area contributed by atoms with Crippen LogP contribution in [-0.2, 0) is 4.74 Å². The topological polar surface area (TPSA) is 61.8 Å². The molecule has 5 heteroatoms. The molecule has 0 unspecified atom stereocenters. The lowest BCUT2D eigenvalue weighted by Crippen LogP contribution is -2.47. The van der Waals surface area contributed by atoms with Crippen LogP contribution in [0.15, 0.2) is 24.3 Å². The maximum atomic E-state index is 12.3. The Bertz CT molecular complexity index is 556. The lowest BCUT2D eigenvalue weighted by molar-refractivity contribution is -0.0581. The van der Waals surface area contributed by atoms with E-state index in [9.17, 15) is 9.90 Å². The van der Waals surface area contributed by atoms with Gasteiger partial charge in [0.25, 0.3) is 5.91 Å². The molecular formula is C17H22N2O3. The molecule has 2 saturated heterocycles. The van der Waals surface area contributed by atoms with Gasteiger partial charge >= 0.3 is 0 Å². The van der Waals surface area contributed by atoms with Crippen LogP contribution in [-0.4, -0.2) is 53.8 Å². The molecule has 0 radical (unpaired) electrons. The third-order valence-electron chi connectivity index (χ3n) is 5.06. The van der Waals surface area contributed by atoms with E-state index in [2.05, 4.69) is 10.2 Å². The number of nitrogens with zero attached hydrogens (tertiary/aromatic N) is 1. The van der Waals surface area contributed by atoms with Crippen molar-refractivity contribution in [2.45, 2.75) is 37.5 Å². The van der Waals surface area contributed by atoms with Gasteiger partial charge in [0.2, 0.25) is 0 Å². The van der Waals surface area contributed by atoms with Gasteiger partial charge in [-0.2, -0.15) is 0 Å². The number of fused-ring (bicyclic) bond motifs is 1. The minimum Gasteiger partial charge on any atom is -0.508 e. The van der Waals surface area contributed by atoms with Crippen molar-refractivity contribution in [2.24, 2.45) is 5.92 Å². The van der Waals surface area contributed by atoms with E-state index < -0.39 is 0 Å². The Morgan fingerprint density at radius 2 is 2.00 bits per heavy atom. The van der Waals surface area contributed by atoms with E-state index in [1.807, 2.05) is 0 Å². The Kier molecular flexibility index (Phi) is 3.54. The van der Waals surface area contributed by atoms with E-state index in [0.717, 1.165) is 32.0 Å². The minimum absolute atomic E-state index is 0.0653. The summed E-state index contributed by atoms with van der Waals surface area (Å²) in [5.74, 6) is 0.883. The lowest BCUT2D eigenvalue weighted by Gasteiger charge is -2.35. The average molecular weight is 302 g/mol. The van der Waals surface area contributed by atoms with Gasteiger partial charge in [-0.05, 0) is 49.4 Å². The van der Waals surface area contributed by atoms with Crippen LogP contribution in [0.25, 0.3) is 0 Å². The van der Waals surface area contributed by atoms with Gasteiger partial charge in [-0.15, -0.1) is 0 Å². The Morgan fingerprint density at radius 3 is 2.73 bits per heavy atom. The number of aromatic hydroxyl groups is 1. The Morgan fingerprint density at radius 1 is 1.23 bits per heavy atom. The fourth-order valence-electron chi connectivity index (χ4n) is 3.64. The highest BCUT2D eigenvalue weighted by Crippen LogP contribution is 2.37. The molecule has 1 saturated carbocycles. The summed E-state index contributed by atoms with van der Waals surface area (Å²) in [5.41, 5.74) is 0.592. The molecule has 1 amide bonds. The molecule has 118 valence electrons. The molecule has 2 N–H and O–H groups in total. The Labute approximate surface area is 130 Å². The smallest absolute Gasteiger partial charge is 0.251 e.